The second-order valence-electron chi connectivity index (χ2n) is 9.76. The first-order valence-corrected chi connectivity index (χ1v) is 13.7. The Balaban J connectivity index is 1.50. The van der Waals surface area contributed by atoms with Gasteiger partial charge in [0.2, 0.25) is 5.75 Å². The van der Waals surface area contributed by atoms with Crippen molar-refractivity contribution in [2.75, 3.05) is 66.7 Å². The maximum absolute atomic E-state index is 12.8. The summed E-state index contributed by atoms with van der Waals surface area (Å²) in [6, 6.07) is 8.44. The number of rotatable bonds is 4. The van der Waals surface area contributed by atoms with Crippen molar-refractivity contribution in [2.45, 2.75) is 38.2 Å². The van der Waals surface area contributed by atoms with Gasteiger partial charge >= 0.3 is 11.9 Å². The van der Waals surface area contributed by atoms with E-state index in [4.69, 9.17) is 23.7 Å². The topological polar surface area (TPSA) is 99.7 Å². The normalized spacial score (nSPS) is 23.1. The summed E-state index contributed by atoms with van der Waals surface area (Å²) in [7, 11) is 3.04. The molecule has 10 heteroatoms. The largest absolute Gasteiger partial charge is 0.493 e. The van der Waals surface area contributed by atoms with Crippen LogP contribution in [0.3, 0.4) is 0 Å². The molecule has 0 spiro atoms. The Morgan fingerprint density at radius 3 is 2.41 bits per heavy atom. The van der Waals surface area contributed by atoms with Crippen LogP contribution in [0.5, 0.6) is 17.2 Å². The van der Waals surface area contributed by atoms with Gasteiger partial charge in [-0.2, -0.15) is 0 Å². The predicted octanol–water partition coefficient (Wildman–Crippen LogP) is 3.44. The molecule has 0 aliphatic carbocycles. The average Bonchev–Trinajstić information content (AvgIpc) is 3.20. The van der Waals surface area contributed by atoms with E-state index in [1.54, 1.807) is 36.5 Å². The second-order valence-corrected chi connectivity index (χ2v) is 9.76. The Hall–Kier alpha value is -3.37. The zero-order chi connectivity index (χ0) is 27.5. The third-order valence-electron chi connectivity index (χ3n) is 7.06. The molecule has 0 saturated carbocycles. The van der Waals surface area contributed by atoms with E-state index < -0.39 is 11.9 Å². The summed E-state index contributed by atoms with van der Waals surface area (Å²) in [5.41, 5.74) is 0.642. The number of esters is 2. The van der Waals surface area contributed by atoms with Crippen molar-refractivity contribution in [3.63, 3.8) is 0 Å². The van der Waals surface area contributed by atoms with Gasteiger partial charge in [-0.15, -0.1) is 0 Å². The monoisotopic (exact) mass is 541 g/mol. The summed E-state index contributed by atoms with van der Waals surface area (Å²) < 4.78 is 28.5. The lowest BCUT2D eigenvalue weighted by atomic mass is 10.1. The van der Waals surface area contributed by atoms with Gasteiger partial charge in [-0.1, -0.05) is 6.07 Å². The van der Waals surface area contributed by atoms with E-state index in [1.807, 2.05) is 0 Å². The molecule has 1 aromatic heterocycles. The second kappa shape index (κ2) is 14.7. The van der Waals surface area contributed by atoms with Crippen molar-refractivity contribution >= 4 is 11.9 Å². The number of methoxy groups -OCH3 is 2. The highest BCUT2D eigenvalue weighted by Gasteiger charge is 2.22. The fourth-order valence-electron chi connectivity index (χ4n) is 4.94. The number of pyridine rings is 1. The van der Waals surface area contributed by atoms with Crippen LogP contribution in [0.4, 0.5) is 0 Å². The molecule has 3 heterocycles. The first kappa shape index (κ1) is 28.6. The van der Waals surface area contributed by atoms with Crippen molar-refractivity contribution in [3.8, 4) is 17.2 Å². The van der Waals surface area contributed by atoms with Gasteiger partial charge in [-0.05, 0) is 69.5 Å². The van der Waals surface area contributed by atoms with Gasteiger partial charge in [0.25, 0.3) is 0 Å². The van der Waals surface area contributed by atoms with Crippen molar-refractivity contribution < 1.29 is 33.3 Å². The van der Waals surface area contributed by atoms with E-state index in [9.17, 15) is 9.59 Å². The van der Waals surface area contributed by atoms with Crippen LogP contribution in [-0.2, 0) is 9.47 Å². The van der Waals surface area contributed by atoms with Gasteiger partial charge in [0.05, 0.1) is 33.0 Å². The molecule has 1 saturated heterocycles. The summed E-state index contributed by atoms with van der Waals surface area (Å²) in [4.78, 5) is 34.6. The number of hydrogen-bond acceptors (Lipinski definition) is 10. The molecule has 212 valence electrons. The van der Waals surface area contributed by atoms with E-state index in [2.05, 4.69) is 14.8 Å². The highest BCUT2D eigenvalue weighted by molar-refractivity contribution is 5.91. The Morgan fingerprint density at radius 2 is 1.67 bits per heavy atom. The number of ether oxygens (including phenoxy) is 5. The Morgan fingerprint density at radius 1 is 0.897 bits per heavy atom. The van der Waals surface area contributed by atoms with Crippen LogP contribution < -0.4 is 14.2 Å². The van der Waals surface area contributed by atoms with Crippen LogP contribution in [0, 0.1) is 0 Å². The van der Waals surface area contributed by atoms with E-state index >= 15 is 0 Å². The smallest absolute Gasteiger partial charge is 0.357 e. The molecule has 0 N–H and O–H groups in total. The number of cyclic esters (lactones) is 1. The fourth-order valence-corrected chi connectivity index (χ4v) is 4.94. The quantitative estimate of drug-likeness (QED) is 0.535. The van der Waals surface area contributed by atoms with Crippen molar-refractivity contribution in [3.05, 3.63) is 47.8 Å². The number of benzene rings is 1. The van der Waals surface area contributed by atoms with Crippen molar-refractivity contribution in [2.24, 2.45) is 0 Å². The van der Waals surface area contributed by atoms with Gasteiger partial charge in [0.15, 0.2) is 11.5 Å². The summed E-state index contributed by atoms with van der Waals surface area (Å²) >= 11 is 0. The van der Waals surface area contributed by atoms with Crippen LogP contribution in [0.1, 0.15) is 53.0 Å². The third-order valence-corrected chi connectivity index (χ3v) is 7.06. The molecule has 0 amide bonds. The van der Waals surface area contributed by atoms with Crippen LogP contribution in [0.2, 0.25) is 0 Å². The average molecular weight is 542 g/mol. The summed E-state index contributed by atoms with van der Waals surface area (Å²) in [6.07, 6.45) is 5.13. The van der Waals surface area contributed by atoms with Gasteiger partial charge in [-0.3, -0.25) is 0 Å². The number of carbonyl (C=O) groups is 2. The van der Waals surface area contributed by atoms with E-state index in [-0.39, 0.29) is 6.10 Å². The lowest BCUT2D eigenvalue weighted by Crippen LogP contribution is -2.34. The molecule has 2 aliphatic heterocycles. The van der Waals surface area contributed by atoms with Crippen LogP contribution in [0.15, 0.2) is 36.5 Å². The SMILES string of the molecule is COc1cc2cc(c1OC)OCCCC(OC(=O)c1ccccn1)CCN1CCCN(CCCOC2=O)CC1. The minimum Gasteiger partial charge on any atom is -0.493 e. The molecule has 10 nitrogen and oxygen atoms in total. The summed E-state index contributed by atoms with van der Waals surface area (Å²) in [6.45, 7) is 6.33. The number of fused-ring (bicyclic) bond motifs is 5. The van der Waals surface area contributed by atoms with E-state index in [1.165, 1.54) is 14.2 Å². The zero-order valence-electron chi connectivity index (χ0n) is 22.9. The van der Waals surface area contributed by atoms with E-state index in [0.717, 1.165) is 58.5 Å². The standard InChI is InChI=1S/C29H39N3O7/c1-35-25-20-22-21-26(27(25)36-2)37-18-5-8-23(39-29(34)24-9-3-4-11-30-24)10-15-32-13-6-12-31(16-17-32)14-7-19-38-28(22)33/h3-4,9,11,20-21,23H,5-8,10,12-19H2,1-2H3. The number of aromatic nitrogens is 1. The predicted molar refractivity (Wildman–Crippen MR) is 145 cm³/mol. The maximum Gasteiger partial charge on any atom is 0.357 e. The Kier molecular flexibility index (Phi) is 10.8. The van der Waals surface area contributed by atoms with Crippen molar-refractivity contribution in [1.82, 2.24) is 14.8 Å². The number of nitrogens with zero attached hydrogens (tertiary/aromatic N) is 3. The molecule has 2 aliphatic rings. The molecule has 1 fully saturated rings. The molecular weight excluding hydrogens is 502 g/mol. The number of carbonyl (C=O) groups excluding carboxylic acids is 2. The zero-order valence-corrected chi connectivity index (χ0v) is 22.9. The molecule has 3 unspecified atom stereocenters. The Bertz CT molecular complexity index is 1080. The Labute approximate surface area is 230 Å². The highest BCUT2D eigenvalue weighted by Crippen LogP contribution is 2.38. The molecule has 0 radical (unpaired) electrons. The molecule has 1 aromatic carbocycles. The molecule has 4 bridgehead atoms. The van der Waals surface area contributed by atoms with Gasteiger partial charge < -0.3 is 33.5 Å². The van der Waals surface area contributed by atoms with E-state index in [0.29, 0.717) is 54.6 Å². The highest BCUT2D eigenvalue weighted by atomic mass is 16.5. The molecule has 3 atom stereocenters. The lowest BCUT2D eigenvalue weighted by molar-refractivity contribution is 0.0215. The van der Waals surface area contributed by atoms with Gasteiger partial charge in [-0.25, -0.2) is 14.6 Å². The molecule has 2 aromatic rings. The fraction of sp³-hybridized carbons (Fsp3) is 0.552. The maximum atomic E-state index is 12.8. The summed E-state index contributed by atoms with van der Waals surface area (Å²) in [5, 5.41) is 0. The third kappa shape index (κ3) is 8.31. The first-order valence-electron chi connectivity index (χ1n) is 13.7. The summed E-state index contributed by atoms with van der Waals surface area (Å²) in [5.74, 6) is 0.354. The molecule has 39 heavy (non-hydrogen) atoms. The van der Waals surface area contributed by atoms with Gasteiger partial charge in [0, 0.05) is 32.4 Å². The first-order chi connectivity index (χ1) is 19.1. The molecule has 4 rings (SSSR count). The molecular formula is C29H39N3O7. The van der Waals surface area contributed by atoms with Crippen LogP contribution in [-0.4, -0.2) is 99.5 Å². The minimum atomic E-state index is -0.428. The minimum absolute atomic E-state index is 0.276. The van der Waals surface area contributed by atoms with Crippen molar-refractivity contribution in [1.29, 1.82) is 0 Å². The number of hydrogen-bond donors (Lipinski definition) is 0. The lowest BCUT2D eigenvalue weighted by Gasteiger charge is -2.24. The van der Waals surface area contributed by atoms with Crippen LogP contribution >= 0.6 is 0 Å². The van der Waals surface area contributed by atoms with Crippen LogP contribution in [0.25, 0.3) is 0 Å². The van der Waals surface area contributed by atoms with Gasteiger partial charge in [0.1, 0.15) is 11.8 Å².